The summed E-state index contributed by atoms with van der Waals surface area (Å²) in [7, 11) is 0. The maximum absolute atomic E-state index is 12.5. The van der Waals surface area contributed by atoms with E-state index in [-0.39, 0.29) is 41.2 Å². The molecule has 29 heavy (non-hydrogen) atoms. The third kappa shape index (κ3) is 3.68. The first-order chi connectivity index (χ1) is 13.8. The Bertz CT molecular complexity index is 616. The highest BCUT2D eigenvalue weighted by Crippen LogP contribution is 2.67. The van der Waals surface area contributed by atoms with Crippen molar-refractivity contribution in [3.05, 3.63) is 0 Å². The molecule has 4 aliphatic rings. The second-order valence-electron chi connectivity index (χ2n) is 10.4. The van der Waals surface area contributed by atoms with Gasteiger partial charge in [-0.05, 0) is 73.5 Å². The molecule has 0 bridgehead atoms. The van der Waals surface area contributed by atoms with Gasteiger partial charge in [-0.2, -0.15) is 0 Å². The fourth-order valence-electron chi connectivity index (χ4n) is 8.35. The number of carbonyl (C=O) groups is 2. The van der Waals surface area contributed by atoms with Gasteiger partial charge in [0.15, 0.2) is 5.78 Å². The van der Waals surface area contributed by atoms with Crippen LogP contribution in [-0.4, -0.2) is 29.6 Å². The average molecular weight is 407 g/mol. The molecule has 0 amide bonds. The molecule has 0 spiro atoms. The quantitative estimate of drug-likeness (QED) is 0.657. The molecule has 0 radical (unpaired) electrons. The van der Waals surface area contributed by atoms with E-state index in [1.807, 2.05) is 13.8 Å². The number of rotatable bonds is 3. The monoisotopic (exact) mass is 406 g/mol. The van der Waals surface area contributed by atoms with E-state index >= 15 is 0 Å². The predicted octanol–water partition coefficient (Wildman–Crippen LogP) is 5.16. The standard InChI is InChI=1S/C23H36O4.C2H6/c1-14(25)27-20-12-23(3)17(9-10-18(23)19(26)13-24)16-8-7-15-6-4-5-11-22(15,2)21(16)20;1-2/h15-18,20-21,24H,4-13H2,1-3H3;1-2H3. The SMILES string of the molecule is CC.CC(=O)OC1CC2(C)C(C(=O)CO)CCC2C2CCC3CCCCC3(C)C12. The first kappa shape index (κ1) is 22.8. The van der Waals surface area contributed by atoms with Gasteiger partial charge in [-0.15, -0.1) is 0 Å². The number of esters is 1. The Kier molecular flexibility index (Phi) is 6.82. The maximum atomic E-state index is 12.5. The molecule has 0 aromatic carbocycles. The Morgan fingerprint density at radius 2 is 1.72 bits per heavy atom. The molecule has 8 unspecified atom stereocenters. The van der Waals surface area contributed by atoms with Crippen LogP contribution in [0.4, 0.5) is 0 Å². The first-order valence-corrected chi connectivity index (χ1v) is 12.1. The van der Waals surface area contributed by atoms with Crippen LogP contribution in [0.25, 0.3) is 0 Å². The van der Waals surface area contributed by atoms with Crippen molar-refractivity contribution < 1.29 is 19.4 Å². The zero-order valence-corrected chi connectivity index (χ0v) is 19.2. The van der Waals surface area contributed by atoms with Gasteiger partial charge in [-0.1, -0.05) is 40.5 Å². The lowest BCUT2D eigenvalue weighted by Crippen LogP contribution is -2.59. The van der Waals surface area contributed by atoms with E-state index in [0.29, 0.717) is 17.8 Å². The van der Waals surface area contributed by atoms with Crippen molar-refractivity contribution >= 4 is 11.8 Å². The second-order valence-corrected chi connectivity index (χ2v) is 10.4. The molecule has 0 heterocycles. The van der Waals surface area contributed by atoms with Gasteiger partial charge in [-0.25, -0.2) is 0 Å². The Balaban J connectivity index is 0.00000117. The average Bonchev–Trinajstić information content (AvgIpc) is 3.04. The van der Waals surface area contributed by atoms with Crippen molar-refractivity contribution in [3.63, 3.8) is 0 Å². The van der Waals surface area contributed by atoms with Gasteiger partial charge in [-0.3, -0.25) is 9.59 Å². The van der Waals surface area contributed by atoms with Crippen LogP contribution in [0, 0.1) is 40.4 Å². The van der Waals surface area contributed by atoms with Crippen LogP contribution < -0.4 is 0 Å². The molecule has 4 aliphatic carbocycles. The summed E-state index contributed by atoms with van der Waals surface area (Å²) in [5, 5.41) is 9.50. The molecule has 166 valence electrons. The fraction of sp³-hybridized carbons (Fsp3) is 0.920. The highest BCUT2D eigenvalue weighted by atomic mass is 16.5. The van der Waals surface area contributed by atoms with Crippen LogP contribution in [0.3, 0.4) is 0 Å². The van der Waals surface area contributed by atoms with Crippen LogP contribution in [0.2, 0.25) is 0 Å². The minimum atomic E-state index is -0.362. The smallest absolute Gasteiger partial charge is 0.302 e. The maximum Gasteiger partial charge on any atom is 0.302 e. The van der Waals surface area contributed by atoms with E-state index < -0.39 is 0 Å². The van der Waals surface area contributed by atoms with Crippen LogP contribution >= 0.6 is 0 Å². The summed E-state index contributed by atoms with van der Waals surface area (Å²) in [5.41, 5.74) is 0.126. The van der Waals surface area contributed by atoms with Gasteiger partial charge in [0.2, 0.25) is 0 Å². The van der Waals surface area contributed by atoms with Crippen molar-refractivity contribution in [2.75, 3.05) is 6.61 Å². The molecule has 1 N–H and O–H groups in total. The van der Waals surface area contributed by atoms with E-state index in [1.165, 1.54) is 45.4 Å². The van der Waals surface area contributed by atoms with Crippen LogP contribution in [0.15, 0.2) is 0 Å². The number of fused-ring (bicyclic) bond motifs is 5. The van der Waals surface area contributed by atoms with Crippen molar-refractivity contribution in [2.45, 2.75) is 98.5 Å². The van der Waals surface area contributed by atoms with Crippen LogP contribution in [0.5, 0.6) is 0 Å². The summed E-state index contributed by atoms with van der Waals surface area (Å²) < 4.78 is 6.00. The highest BCUT2D eigenvalue weighted by Gasteiger charge is 2.64. The topological polar surface area (TPSA) is 63.6 Å². The van der Waals surface area contributed by atoms with E-state index in [9.17, 15) is 14.7 Å². The molecule has 8 atom stereocenters. The van der Waals surface area contributed by atoms with Crippen molar-refractivity contribution in [1.82, 2.24) is 0 Å². The number of carbonyl (C=O) groups excluding carboxylic acids is 2. The van der Waals surface area contributed by atoms with E-state index in [4.69, 9.17) is 4.74 Å². The number of hydrogen-bond acceptors (Lipinski definition) is 4. The Hall–Kier alpha value is -0.900. The van der Waals surface area contributed by atoms with Crippen molar-refractivity contribution in [1.29, 1.82) is 0 Å². The lowest BCUT2D eigenvalue weighted by atomic mass is 9.44. The Morgan fingerprint density at radius 3 is 2.38 bits per heavy atom. The molecule has 4 fully saturated rings. The summed E-state index contributed by atoms with van der Waals surface area (Å²) in [4.78, 5) is 24.5. The molecule has 0 aliphatic heterocycles. The van der Waals surface area contributed by atoms with Gasteiger partial charge in [0, 0.05) is 18.8 Å². The third-order valence-corrected chi connectivity index (χ3v) is 9.35. The molecule has 0 aromatic heterocycles. The molecular formula is C25H42O4. The number of Topliss-reactive ketones (excluding diaryl/α,β-unsaturated/α-hetero) is 1. The number of hydrogen-bond donors (Lipinski definition) is 1. The molecule has 4 saturated carbocycles. The zero-order chi connectivity index (χ0) is 21.4. The van der Waals surface area contributed by atoms with E-state index in [0.717, 1.165) is 25.2 Å². The fourth-order valence-corrected chi connectivity index (χ4v) is 8.35. The Labute approximate surface area is 177 Å². The highest BCUT2D eigenvalue weighted by molar-refractivity contribution is 5.83. The molecule has 4 nitrogen and oxygen atoms in total. The first-order valence-electron chi connectivity index (χ1n) is 12.1. The minimum absolute atomic E-state index is 0.0161. The van der Waals surface area contributed by atoms with E-state index in [1.54, 1.807) is 0 Å². The van der Waals surface area contributed by atoms with Crippen molar-refractivity contribution in [3.8, 4) is 0 Å². The normalized spacial score (nSPS) is 45.7. The Morgan fingerprint density at radius 1 is 1.00 bits per heavy atom. The predicted molar refractivity (Wildman–Crippen MR) is 114 cm³/mol. The third-order valence-electron chi connectivity index (χ3n) is 9.35. The van der Waals surface area contributed by atoms with Gasteiger partial charge in [0.05, 0.1) is 0 Å². The molecular weight excluding hydrogens is 364 g/mol. The number of ketones is 1. The number of aliphatic hydroxyl groups excluding tert-OH is 1. The summed E-state index contributed by atoms with van der Waals surface area (Å²) >= 11 is 0. The lowest BCUT2D eigenvalue weighted by Gasteiger charge is -2.62. The largest absolute Gasteiger partial charge is 0.462 e. The summed E-state index contributed by atoms with van der Waals surface area (Å²) in [6, 6.07) is 0. The van der Waals surface area contributed by atoms with Crippen molar-refractivity contribution in [2.24, 2.45) is 40.4 Å². The van der Waals surface area contributed by atoms with Gasteiger partial charge < -0.3 is 9.84 Å². The van der Waals surface area contributed by atoms with Crippen LogP contribution in [0.1, 0.15) is 92.4 Å². The molecule has 4 rings (SSSR count). The number of aliphatic hydroxyl groups is 1. The van der Waals surface area contributed by atoms with Gasteiger partial charge >= 0.3 is 5.97 Å². The summed E-state index contributed by atoms with van der Waals surface area (Å²) in [6.45, 7) is 9.88. The number of ether oxygens (including phenoxy) is 1. The molecule has 0 saturated heterocycles. The second kappa shape index (κ2) is 8.69. The minimum Gasteiger partial charge on any atom is -0.462 e. The molecule has 0 aromatic rings. The lowest BCUT2D eigenvalue weighted by molar-refractivity contribution is -0.193. The van der Waals surface area contributed by atoms with Gasteiger partial charge in [0.25, 0.3) is 0 Å². The van der Waals surface area contributed by atoms with Gasteiger partial charge in [0.1, 0.15) is 12.7 Å². The van der Waals surface area contributed by atoms with Crippen LogP contribution in [-0.2, 0) is 14.3 Å². The summed E-state index contributed by atoms with van der Waals surface area (Å²) in [6.07, 6.45) is 10.4. The summed E-state index contributed by atoms with van der Waals surface area (Å²) in [5.74, 6) is 1.97. The molecule has 4 heteroatoms. The van der Waals surface area contributed by atoms with E-state index in [2.05, 4.69) is 13.8 Å². The zero-order valence-electron chi connectivity index (χ0n) is 19.2.